The first kappa shape index (κ1) is 23.8. The molecule has 0 heterocycles. The fourth-order valence-electron chi connectivity index (χ4n) is 2.92. The summed E-state index contributed by atoms with van der Waals surface area (Å²) in [6.07, 6.45) is 0. The van der Waals surface area contributed by atoms with Crippen LogP contribution in [0.1, 0.15) is 24.2 Å². The van der Waals surface area contributed by atoms with Crippen molar-refractivity contribution >= 4 is 40.6 Å². The number of carbonyl (C=O) groups excluding carboxylic acids is 2. The zero-order valence-corrected chi connectivity index (χ0v) is 18.9. The molecule has 2 amide bonds. The van der Waals surface area contributed by atoms with Gasteiger partial charge in [0.1, 0.15) is 5.75 Å². The van der Waals surface area contributed by atoms with Gasteiger partial charge < -0.3 is 15.4 Å². The van der Waals surface area contributed by atoms with Crippen LogP contribution in [0.2, 0.25) is 0 Å². The molecule has 9 heteroatoms. The summed E-state index contributed by atoms with van der Waals surface area (Å²) in [5.74, 6) is 0.0180. The normalized spacial score (nSPS) is 11.3. The Hall–Kier alpha value is -3.85. The lowest BCUT2D eigenvalue weighted by Gasteiger charge is -2.15. The van der Waals surface area contributed by atoms with Gasteiger partial charge in [-0.3, -0.25) is 19.7 Å². The third-order valence-electron chi connectivity index (χ3n) is 4.56. The summed E-state index contributed by atoms with van der Waals surface area (Å²) in [7, 11) is 0. The average Bonchev–Trinajstić information content (AvgIpc) is 2.81. The monoisotopic (exact) mass is 465 g/mol. The largest absolute Gasteiger partial charge is 0.492 e. The fourth-order valence-corrected chi connectivity index (χ4v) is 3.79. The second-order valence-electron chi connectivity index (χ2n) is 6.96. The van der Waals surface area contributed by atoms with Gasteiger partial charge in [0.05, 0.1) is 22.5 Å². The SMILES string of the molecule is CCOc1ccccc1NC(=O)C(C)Sc1ccc(NC(=O)c2cccc([N+](=O)[O-])c2)cc1. The van der Waals surface area contributed by atoms with Gasteiger partial charge in [0.15, 0.2) is 0 Å². The molecule has 2 N–H and O–H groups in total. The topological polar surface area (TPSA) is 111 Å². The van der Waals surface area contributed by atoms with Crippen LogP contribution in [0.5, 0.6) is 5.75 Å². The molecular weight excluding hydrogens is 442 g/mol. The molecule has 33 heavy (non-hydrogen) atoms. The van der Waals surface area contributed by atoms with E-state index in [0.717, 1.165) is 4.90 Å². The van der Waals surface area contributed by atoms with E-state index in [-0.39, 0.29) is 22.4 Å². The van der Waals surface area contributed by atoms with Crippen LogP contribution in [0.4, 0.5) is 17.1 Å². The van der Waals surface area contributed by atoms with Crippen LogP contribution in [-0.4, -0.2) is 28.6 Å². The first-order valence-electron chi connectivity index (χ1n) is 10.2. The number of rotatable bonds is 9. The van der Waals surface area contributed by atoms with E-state index in [2.05, 4.69) is 10.6 Å². The lowest BCUT2D eigenvalue weighted by molar-refractivity contribution is -0.384. The number of thioether (sulfide) groups is 1. The predicted molar refractivity (Wildman–Crippen MR) is 129 cm³/mol. The van der Waals surface area contributed by atoms with Crippen molar-refractivity contribution in [2.24, 2.45) is 0 Å². The van der Waals surface area contributed by atoms with E-state index in [1.54, 1.807) is 43.3 Å². The maximum atomic E-state index is 12.6. The highest BCUT2D eigenvalue weighted by Gasteiger charge is 2.17. The minimum atomic E-state index is -0.546. The Bertz CT molecular complexity index is 1150. The highest BCUT2D eigenvalue weighted by atomic mass is 32.2. The number of para-hydroxylation sites is 2. The highest BCUT2D eigenvalue weighted by molar-refractivity contribution is 8.00. The van der Waals surface area contributed by atoms with E-state index in [1.807, 2.05) is 19.1 Å². The summed E-state index contributed by atoms with van der Waals surface area (Å²) in [6.45, 7) is 4.19. The lowest BCUT2D eigenvalue weighted by atomic mass is 10.2. The number of hydrogen-bond donors (Lipinski definition) is 2. The van der Waals surface area contributed by atoms with E-state index in [1.165, 1.54) is 36.0 Å². The molecule has 0 aliphatic rings. The van der Waals surface area contributed by atoms with Crippen molar-refractivity contribution in [3.63, 3.8) is 0 Å². The number of benzene rings is 3. The number of non-ortho nitro benzene ring substituents is 1. The van der Waals surface area contributed by atoms with E-state index >= 15 is 0 Å². The molecule has 3 aromatic carbocycles. The molecule has 170 valence electrons. The summed E-state index contributed by atoms with van der Waals surface area (Å²) in [6, 6.07) is 19.8. The predicted octanol–water partition coefficient (Wildman–Crippen LogP) is 5.37. The number of nitrogens with one attached hydrogen (secondary N) is 2. The van der Waals surface area contributed by atoms with Gasteiger partial charge >= 0.3 is 0 Å². The van der Waals surface area contributed by atoms with Gasteiger partial charge in [-0.2, -0.15) is 0 Å². The summed E-state index contributed by atoms with van der Waals surface area (Å²) in [5, 5.41) is 16.1. The summed E-state index contributed by atoms with van der Waals surface area (Å²) in [5.41, 5.74) is 1.21. The zero-order chi connectivity index (χ0) is 23.8. The van der Waals surface area contributed by atoms with Crippen molar-refractivity contribution in [2.75, 3.05) is 17.2 Å². The van der Waals surface area contributed by atoms with Crippen molar-refractivity contribution in [2.45, 2.75) is 24.0 Å². The van der Waals surface area contributed by atoms with Crippen LogP contribution in [0, 0.1) is 10.1 Å². The number of hydrogen-bond acceptors (Lipinski definition) is 6. The summed E-state index contributed by atoms with van der Waals surface area (Å²) >= 11 is 1.38. The first-order chi connectivity index (χ1) is 15.9. The molecule has 0 saturated carbocycles. The van der Waals surface area contributed by atoms with Gasteiger partial charge in [0.25, 0.3) is 11.6 Å². The van der Waals surface area contributed by atoms with E-state index in [9.17, 15) is 19.7 Å². The maximum Gasteiger partial charge on any atom is 0.270 e. The lowest BCUT2D eigenvalue weighted by Crippen LogP contribution is -2.22. The minimum Gasteiger partial charge on any atom is -0.492 e. The van der Waals surface area contributed by atoms with E-state index < -0.39 is 10.8 Å². The number of nitro benzene ring substituents is 1. The summed E-state index contributed by atoms with van der Waals surface area (Å²) in [4.78, 5) is 36.2. The van der Waals surface area contributed by atoms with Gasteiger partial charge in [0, 0.05) is 28.3 Å². The first-order valence-corrected chi connectivity index (χ1v) is 11.1. The molecule has 0 bridgehead atoms. The molecule has 1 unspecified atom stereocenters. The number of anilines is 2. The van der Waals surface area contributed by atoms with Crippen molar-refractivity contribution in [1.29, 1.82) is 0 Å². The minimum absolute atomic E-state index is 0.148. The quantitative estimate of drug-likeness (QED) is 0.250. The molecule has 0 saturated heterocycles. The van der Waals surface area contributed by atoms with Gasteiger partial charge in [0.2, 0.25) is 5.91 Å². The second kappa shape index (κ2) is 11.1. The number of amides is 2. The standard InChI is InChI=1S/C24H23N3O5S/c1-3-32-22-10-5-4-9-21(22)26-23(28)16(2)33-20-13-11-18(12-14-20)25-24(29)17-7-6-8-19(15-17)27(30)31/h4-16H,3H2,1-2H3,(H,25,29)(H,26,28). The smallest absolute Gasteiger partial charge is 0.270 e. The Morgan fingerprint density at radius 3 is 2.45 bits per heavy atom. The number of carbonyl (C=O) groups is 2. The third kappa shape index (κ3) is 6.56. The number of nitro groups is 1. The van der Waals surface area contributed by atoms with Gasteiger partial charge in [-0.15, -0.1) is 11.8 Å². The molecular formula is C24H23N3O5S. The van der Waals surface area contributed by atoms with Crippen molar-refractivity contribution in [3.05, 3.63) is 88.5 Å². The second-order valence-corrected chi connectivity index (χ2v) is 8.38. The molecule has 0 aliphatic heterocycles. The molecule has 0 spiro atoms. The molecule has 3 aromatic rings. The third-order valence-corrected chi connectivity index (χ3v) is 5.67. The van der Waals surface area contributed by atoms with Crippen LogP contribution < -0.4 is 15.4 Å². The summed E-state index contributed by atoms with van der Waals surface area (Å²) < 4.78 is 5.54. The number of ether oxygens (including phenoxy) is 1. The molecule has 0 aromatic heterocycles. The van der Waals surface area contributed by atoms with E-state index in [4.69, 9.17) is 4.74 Å². The highest BCUT2D eigenvalue weighted by Crippen LogP contribution is 2.28. The van der Waals surface area contributed by atoms with Crippen molar-refractivity contribution < 1.29 is 19.2 Å². The Morgan fingerprint density at radius 1 is 1.03 bits per heavy atom. The Balaban J connectivity index is 1.59. The van der Waals surface area contributed by atoms with E-state index in [0.29, 0.717) is 23.7 Å². The Labute approximate surface area is 195 Å². The Morgan fingerprint density at radius 2 is 1.76 bits per heavy atom. The van der Waals surface area contributed by atoms with Crippen LogP contribution in [0.25, 0.3) is 0 Å². The molecule has 0 radical (unpaired) electrons. The molecule has 1 atom stereocenters. The average molecular weight is 466 g/mol. The van der Waals surface area contributed by atoms with Crippen molar-refractivity contribution in [1.82, 2.24) is 0 Å². The number of nitrogens with zero attached hydrogens (tertiary/aromatic N) is 1. The van der Waals surface area contributed by atoms with Crippen LogP contribution in [0.3, 0.4) is 0 Å². The molecule has 8 nitrogen and oxygen atoms in total. The van der Waals surface area contributed by atoms with Gasteiger partial charge in [-0.05, 0) is 56.3 Å². The molecule has 0 fully saturated rings. The van der Waals surface area contributed by atoms with Crippen LogP contribution in [-0.2, 0) is 4.79 Å². The van der Waals surface area contributed by atoms with Crippen LogP contribution >= 0.6 is 11.8 Å². The Kier molecular flexibility index (Phi) is 8.04. The van der Waals surface area contributed by atoms with Gasteiger partial charge in [-0.25, -0.2) is 0 Å². The van der Waals surface area contributed by atoms with Crippen molar-refractivity contribution in [3.8, 4) is 5.75 Å². The fraction of sp³-hybridized carbons (Fsp3) is 0.167. The van der Waals surface area contributed by atoms with Crippen LogP contribution in [0.15, 0.2) is 77.7 Å². The molecule has 0 aliphatic carbocycles. The molecule has 3 rings (SSSR count). The zero-order valence-electron chi connectivity index (χ0n) is 18.1. The maximum absolute atomic E-state index is 12.6. The van der Waals surface area contributed by atoms with Gasteiger partial charge in [-0.1, -0.05) is 18.2 Å².